The van der Waals surface area contributed by atoms with Crippen LogP contribution in [0.15, 0.2) is 42.6 Å². The van der Waals surface area contributed by atoms with Crippen LogP contribution in [0.4, 0.5) is 0 Å². The number of aromatic nitrogens is 1. The molecule has 1 amide bonds. The second kappa shape index (κ2) is 7.67. The summed E-state index contributed by atoms with van der Waals surface area (Å²) >= 11 is 0. The first kappa shape index (κ1) is 16.8. The zero-order chi connectivity index (χ0) is 16.9. The third-order valence-corrected chi connectivity index (χ3v) is 4.99. The second-order valence-electron chi connectivity index (χ2n) is 6.56. The summed E-state index contributed by atoms with van der Waals surface area (Å²) in [5.74, 6) is 0.0102. The Hall–Kier alpha value is -2.07. The van der Waals surface area contributed by atoms with E-state index in [0.29, 0.717) is 6.54 Å². The maximum atomic E-state index is 12.5. The van der Waals surface area contributed by atoms with Gasteiger partial charge in [0.1, 0.15) is 0 Å². The molecule has 4 nitrogen and oxygen atoms in total. The van der Waals surface area contributed by atoms with Crippen molar-refractivity contribution in [3.05, 3.63) is 59.4 Å². The molecule has 1 aliphatic heterocycles. The summed E-state index contributed by atoms with van der Waals surface area (Å²) in [6.45, 7) is 4.98. The van der Waals surface area contributed by atoms with Crippen LogP contribution in [0.5, 0.6) is 0 Å². The number of carbonyl (C=O) groups is 1. The molecule has 0 spiro atoms. The van der Waals surface area contributed by atoms with E-state index in [1.807, 2.05) is 24.3 Å². The van der Waals surface area contributed by atoms with Gasteiger partial charge >= 0.3 is 0 Å². The Morgan fingerprint density at radius 2 is 1.88 bits per heavy atom. The van der Waals surface area contributed by atoms with Crippen molar-refractivity contribution in [3.63, 3.8) is 0 Å². The highest BCUT2D eigenvalue weighted by Gasteiger charge is 2.25. The number of rotatable bonds is 6. The van der Waals surface area contributed by atoms with Gasteiger partial charge in [0.25, 0.3) is 5.91 Å². The molecule has 2 aromatic rings. The first-order chi connectivity index (χ1) is 11.7. The van der Waals surface area contributed by atoms with Gasteiger partial charge in [-0.3, -0.25) is 9.69 Å². The van der Waals surface area contributed by atoms with Crippen molar-refractivity contribution in [2.75, 3.05) is 19.6 Å². The predicted octanol–water partition coefficient (Wildman–Crippen LogP) is 3.15. The van der Waals surface area contributed by atoms with Crippen LogP contribution in [-0.4, -0.2) is 35.0 Å². The third-order valence-electron chi connectivity index (χ3n) is 4.99. The summed E-state index contributed by atoms with van der Waals surface area (Å²) in [6, 6.07) is 12.4. The molecule has 0 bridgehead atoms. The number of likely N-dealkylation sites (tertiary alicyclic amines) is 1. The van der Waals surface area contributed by atoms with Crippen LogP contribution in [0.25, 0.3) is 0 Å². The Morgan fingerprint density at radius 1 is 1.17 bits per heavy atom. The minimum absolute atomic E-state index is 0.0102. The van der Waals surface area contributed by atoms with Gasteiger partial charge in [0.05, 0.1) is 6.04 Å². The highest BCUT2D eigenvalue weighted by Crippen LogP contribution is 2.24. The van der Waals surface area contributed by atoms with Crippen LogP contribution in [0.2, 0.25) is 0 Å². The molecule has 1 saturated heterocycles. The van der Waals surface area contributed by atoms with Crippen molar-refractivity contribution < 1.29 is 4.79 Å². The zero-order valence-electron chi connectivity index (χ0n) is 14.7. The van der Waals surface area contributed by atoms with Gasteiger partial charge in [-0.1, -0.05) is 19.1 Å². The SMILES string of the molecule is CCc1ccc(C(=O)NCC(c2cccn2C)N2CCCC2)cc1. The molecule has 4 heteroatoms. The van der Waals surface area contributed by atoms with Crippen LogP contribution in [-0.2, 0) is 13.5 Å². The molecule has 0 radical (unpaired) electrons. The lowest BCUT2D eigenvalue weighted by Crippen LogP contribution is -2.37. The topological polar surface area (TPSA) is 37.3 Å². The number of hydrogen-bond donors (Lipinski definition) is 1. The zero-order valence-corrected chi connectivity index (χ0v) is 14.7. The van der Waals surface area contributed by atoms with Crippen LogP contribution < -0.4 is 5.32 Å². The van der Waals surface area contributed by atoms with Crippen molar-refractivity contribution >= 4 is 5.91 Å². The smallest absolute Gasteiger partial charge is 0.251 e. The number of aryl methyl sites for hydroxylation is 2. The number of hydrogen-bond acceptors (Lipinski definition) is 2. The molecule has 1 fully saturated rings. The van der Waals surface area contributed by atoms with E-state index in [9.17, 15) is 4.79 Å². The van der Waals surface area contributed by atoms with Crippen molar-refractivity contribution in [3.8, 4) is 0 Å². The van der Waals surface area contributed by atoms with E-state index < -0.39 is 0 Å². The summed E-state index contributed by atoms with van der Waals surface area (Å²) in [5, 5.41) is 3.13. The van der Waals surface area contributed by atoms with Crippen LogP contribution >= 0.6 is 0 Å². The molecule has 24 heavy (non-hydrogen) atoms. The molecule has 2 heterocycles. The van der Waals surface area contributed by atoms with Gasteiger partial charge in [-0.15, -0.1) is 0 Å². The molecule has 1 atom stereocenters. The van der Waals surface area contributed by atoms with Crippen LogP contribution in [0, 0.1) is 0 Å². The number of nitrogens with one attached hydrogen (secondary N) is 1. The highest BCUT2D eigenvalue weighted by molar-refractivity contribution is 5.94. The van der Waals surface area contributed by atoms with Gasteiger partial charge in [-0.05, 0) is 62.2 Å². The van der Waals surface area contributed by atoms with Crippen molar-refractivity contribution in [1.82, 2.24) is 14.8 Å². The van der Waals surface area contributed by atoms with Gasteiger partial charge in [0.2, 0.25) is 0 Å². The first-order valence-corrected chi connectivity index (χ1v) is 8.91. The summed E-state index contributed by atoms with van der Waals surface area (Å²) < 4.78 is 2.16. The number of carbonyl (C=O) groups excluding carboxylic acids is 1. The van der Waals surface area contributed by atoms with E-state index in [-0.39, 0.29) is 11.9 Å². The fourth-order valence-corrected chi connectivity index (χ4v) is 3.48. The predicted molar refractivity (Wildman–Crippen MR) is 97.1 cm³/mol. The fraction of sp³-hybridized carbons (Fsp3) is 0.450. The summed E-state index contributed by atoms with van der Waals surface area (Å²) in [7, 11) is 2.07. The lowest BCUT2D eigenvalue weighted by molar-refractivity contribution is 0.0936. The number of nitrogens with zero attached hydrogens (tertiary/aromatic N) is 2. The third kappa shape index (κ3) is 3.70. The molecular formula is C20H27N3O. The second-order valence-corrected chi connectivity index (χ2v) is 6.56. The molecule has 3 rings (SSSR count). The summed E-state index contributed by atoms with van der Waals surface area (Å²) in [4.78, 5) is 15.0. The van der Waals surface area contributed by atoms with Gasteiger partial charge in [0.15, 0.2) is 0 Å². The molecule has 1 aliphatic rings. The minimum atomic E-state index is 0.0102. The molecule has 0 aliphatic carbocycles. The normalized spacial score (nSPS) is 16.2. The largest absolute Gasteiger partial charge is 0.353 e. The molecule has 1 unspecified atom stereocenters. The van der Waals surface area contributed by atoms with E-state index in [0.717, 1.165) is 25.1 Å². The average molecular weight is 325 g/mol. The molecule has 0 saturated carbocycles. The lowest BCUT2D eigenvalue weighted by atomic mass is 10.1. The van der Waals surface area contributed by atoms with Crippen LogP contribution in [0.1, 0.15) is 47.4 Å². The first-order valence-electron chi connectivity index (χ1n) is 8.91. The summed E-state index contributed by atoms with van der Waals surface area (Å²) in [6.07, 6.45) is 5.55. The van der Waals surface area contributed by atoms with Crippen molar-refractivity contribution in [1.29, 1.82) is 0 Å². The number of benzene rings is 1. The van der Waals surface area contributed by atoms with E-state index >= 15 is 0 Å². The average Bonchev–Trinajstić information content (AvgIpc) is 3.28. The van der Waals surface area contributed by atoms with Crippen LogP contribution in [0.3, 0.4) is 0 Å². The molecule has 1 N–H and O–H groups in total. The standard InChI is InChI=1S/C20H27N3O/c1-3-16-8-10-17(11-9-16)20(24)21-15-19(23-13-4-5-14-23)18-7-6-12-22(18)2/h6-12,19H,3-5,13-15H2,1-2H3,(H,21,24). The maximum absolute atomic E-state index is 12.5. The van der Waals surface area contributed by atoms with Gasteiger partial charge in [-0.25, -0.2) is 0 Å². The van der Waals surface area contributed by atoms with Crippen molar-refractivity contribution in [2.24, 2.45) is 7.05 Å². The maximum Gasteiger partial charge on any atom is 0.251 e. The Labute approximate surface area is 144 Å². The molecule has 1 aromatic heterocycles. The Bertz CT molecular complexity index is 668. The van der Waals surface area contributed by atoms with E-state index in [2.05, 4.69) is 47.1 Å². The molecule has 1 aromatic carbocycles. The van der Waals surface area contributed by atoms with E-state index in [1.165, 1.54) is 24.1 Å². The quantitative estimate of drug-likeness (QED) is 0.886. The van der Waals surface area contributed by atoms with Gasteiger partial charge in [-0.2, -0.15) is 0 Å². The van der Waals surface area contributed by atoms with Gasteiger partial charge < -0.3 is 9.88 Å². The lowest BCUT2D eigenvalue weighted by Gasteiger charge is -2.28. The van der Waals surface area contributed by atoms with Crippen molar-refractivity contribution in [2.45, 2.75) is 32.2 Å². The number of amides is 1. The summed E-state index contributed by atoms with van der Waals surface area (Å²) in [5.41, 5.74) is 3.25. The molecule has 128 valence electrons. The monoisotopic (exact) mass is 325 g/mol. The Morgan fingerprint density at radius 3 is 2.46 bits per heavy atom. The Balaban J connectivity index is 1.68. The Kier molecular flexibility index (Phi) is 5.36. The highest BCUT2D eigenvalue weighted by atomic mass is 16.1. The van der Waals surface area contributed by atoms with Gasteiger partial charge in [0, 0.05) is 31.0 Å². The molecular weight excluding hydrogens is 298 g/mol. The van der Waals surface area contributed by atoms with E-state index in [4.69, 9.17) is 0 Å². The van der Waals surface area contributed by atoms with E-state index in [1.54, 1.807) is 0 Å². The fourth-order valence-electron chi connectivity index (χ4n) is 3.48. The minimum Gasteiger partial charge on any atom is -0.353 e.